The molecule has 3 amide bonds. The molecule has 1 saturated heterocycles. The van der Waals surface area contributed by atoms with Crippen molar-refractivity contribution < 1.29 is 18.7 Å². The second-order valence-corrected chi connectivity index (χ2v) is 8.25. The molecule has 4 N–H and O–H groups in total. The Bertz CT molecular complexity index is 1000. The molecule has 4 rings (SSSR count). The summed E-state index contributed by atoms with van der Waals surface area (Å²) in [5.74, 6) is -0.993. The average Bonchev–Trinajstić information content (AvgIpc) is 3.27. The predicted molar refractivity (Wildman–Crippen MR) is 110 cm³/mol. The van der Waals surface area contributed by atoms with Crippen LogP contribution in [0.25, 0.3) is 10.1 Å². The van der Waals surface area contributed by atoms with Gasteiger partial charge in [-0.05, 0) is 24.4 Å². The number of carbonyl (C=O) groups excluding carboxylic acids is 2. The van der Waals surface area contributed by atoms with Gasteiger partial charge in [0.25, 0.3) is 0 Å². The lowest BCUT2D eigenvalue weighted by molar-refractivity contribution is -0.121. The van der Waals surface area contributed by atoms with Gasteiger partial charge in [0.1, 0.15) is 17.6 Å². The van der Waals surface area contributed by atoms with Gasteiger partial charge in [-0.25, -0.2) is 9.18 Å². The molecule has 9 heteroatoms. The van der Waals surface area contributed by atoms with Gasteiger partial charge < -0.3 is 20.7 Å². The molecule has 0 radical (unpaired) electrons. The van der Waals surface area contributed by atoms with Crippen LogP contribution in [0.1, 0.15) is 6.92 Å². The molecule has 7 nitrogen and oxygen atoms in total. The molecular formula is C20H21FN4O3S. The third-order valence-electron chi connectivity index (χ3n) is 5.39. The minimum atomic E-state index is -1.16. The molecule has 0 bridgehead atoms. The lowest BCUT2D eigenvalue weighted by atomic mass is 9.79. The highest BCUT2D eigenvalue weighted by atomic mass is 32.1. The fourth-order valence-corrected chi connectivity index (χ4v) is 4.62. The largest absolute Gasteiger partial charge is 0.495 e. The summed E-state index contributed by atoms with van der Waals surface area (Å²) < 4.78 is 20.9. The van der Waals surface area contributed by atoms with Crippen molar-refractivity contribution >= 4 is 38.4 Å². The van der Waals surface area contributed by atoms with Crippen LogP contribution in [-0.2, 0) is 9.53 Å². The Morgan fingerprint density at radius 1 is 1.38 bits per heavy atom. The van der Waals surface area contributed by atoms with Crippen molar-refractivity contribution in [2.24, 2.45) is 5.92 Å². The number of benzene rings is 1. The fraction of sp³-hybridized carbons (Fsp3) is 0.300. The van der Waals surface area contributed by atoms with Crippen molar-refractivity contribution in [1.82, 2.24) is 16.0 Å². The van der Waals surface area contributed by atoms with Crippen LogP contribution in [0.4, 0.5) is 14.2 Å². The van der Waals surface area contributed by atoms with Gasteiger partial charge >= 0.3 is 6.03 Å². The SMILES string of the molecule is COC1=CNC(C)([C@@H]2CNC(=O)C2NC(=O)Nc2cc3ccccc3s2)C(F)=C1. The number of amides is 3. The Kier molecular flexibility index (Phi) is 4.91. The monoisotopic (exact) mass is 416 g/mol. The number of carbonyl (C=O) groups is 2. The van der Waals surface area contributed by atoms with Gasteiger partial charge in [-0.1, -0.05) is 18.2 Å². The number of anilines is 1. The average molecular weight is 416 g/mol. The first kappa shape index (κ1) is 19.3. The fourth-order valence-electron chi connectivity index (χ4n) is 3.67. The number of fused-ring (bicyclic) bond motifs is 1. The standard InChI is InChI=1S/C20H21FN4O3S/c1-20(15(21)8-12(28-2)9-23-20)13-10-22-18(26)17(13)25-19(27)24-16-7-11-5-3-4-6-14(11)29-16/h3-9,13,17,23H,10H2,1-2H3,(H,22,26)(H2,24,25,27)/t13-,17?,20?/m1/s1. The number of thiophene rings is 1. The lowest BCUT2D eigenvalue weighted by Crippen LogP contribution is -2.57. The quantitative estimate of drug-likeness (QED) is 0.617. The minimum Gasteiger partial charge on any atom is -0.495 e. The number of rotatable bonds is 4. The molecule has 3 heterocycles. The Labute approximate surface area is 171 Å². The van der Waals surface area contributed by atoms with Crippen LogP contribution in [-0.4, -0.2) is 37.2 Å². The number of halogens is 1. The van der Waals surface area contributed by atoms with Gasteiger partial charge in [0.15, 0.2) is 0 Å². The van der Waals surface area contributed by atoms with E-state index in [0.29, 0.717) is 10.8 Å². The van der Waals surface area contributed by atoms with E-state index < -0.39 is 29.4 Å². The number of methoxy groups -OCH3 is 1. The molecule has 0 saturated carbocycles. The van der Waals surface area contributed by atoms with Crippen molar-refractivity contribution in [3.05, 3.63) is 54.2 Å². The normalized spacial score (nSPS) is 26.2. The smallest absolute Gasteiger partial charge is 0.320 e. The van der Waals surface area contributed by atoms with E-state index >= 15 is 0 Å². The summed E-state index contributed by atoms with van der Waals surface area (Å²) in [5, 5.41) is 12.9. The van der Waals surface area contributed by atoms with E-state index in [-0.39, 0.29) is 12.5 Å². The minimum absolute atomic E-state index is 0.230. The van der Waals surface area contributed by atoms with E-state index in [1.54, 1.807) is 13.1 Å². The predicted octanol–water partition coefficient (Wildman–Crippen LogP) is 2.84. The summed E-state index contributed by atoms with van der Waals surface area (Å²) in [7, 11) is 1.45. The third-order valence-corrected chi connectivity index (χ3v) is 6.42. The number of hydrogen-bond donors (Lipinski definition) is 4. The van der Waals surface area contributed by atoms with Gasteiger partial charge in [0, 0.05) is 29.4 Å². The summed E-state index contributed by atoms with van der Waals surface area (Å²) in [6.07, 6.45) is 2.84. The van der Waals surface area contributed by atoms with Gasteiger partial charge in [-0.3, -0.25) is 10.1 Å². The Morgan fingerprint density at radius 3 is 2.90 bits per heavy atom. The zero-order chi connectivity index (χ0) is 20.6. The molecule has 3 atom stereocenters. The zero-order valence-electron chi connectivity index (χ0n) is 15.9. The second kappa shape index (κ2) is 7.40. The molecule has 1 fully saturated rings. The van der Waals surface area contributed by atoms with Gasteiger partial charge in [-0.15, -0.1) is 11.3 Å². The Balaban J connectivity index is 1.49. The Hall–Kier alpha value is -3.07. The topological polar surface area (TPSA) is 91.5 Å². The molecule has 2 aliphatic heterocycles. The highest BCUT2D eigenvalue weighted by Crippen LogP contribution is 2.35. The van der Waals surface area contributed by atoms with Crippen LogP contribution in [0, 0.1) is 5.92 Å². The summed E-state index contributed by atoms with van der Waals surface area (Å²) in [4.78, 5) is 24.9. The van der Waals surface area contributed by atoms with Gasteiger partial charge in [0.05, 0.1) is 17.6 Å². The number of ether oxygens (including phenoxy) is 1. The molecule has 29 heavy (non-hydrogen) atoms. The van der Waals surface area contributed by atoms with Crippen molar-refractivity contribution in [3.8, 4) is 0 Å². The van der Waals surface area contributed by atoms with Gasteiger partial charge in [0.2, 0.25) is 5.91 Å². The summed E-state index contributed by atoms with van der Waals surface area (Å²) in [6, 6.07) is 8.25. The number of allylic oxidation sites excluding steroid dienone is 1. The van der Waals surface area contributed by atoms with Crippen molar-refractivity contribution in [2.75, 3.05) is 19.0 Å². The van der Waals surface area contributed by atoms with E-state index in [0.717, 1.165) is 10.1 Å². The highest BCUT2D eigenvalue weighted by molar-refractivity contribution is 7.22. The first-order valence-electron chi connectivity index (χ1n) is 9.14. The second-order valence-electron chi connectivity index (χ2n) is 7.17. The van der Waals surface area contributed by atoms with E-state index in [4.69, 9.17) is 4.74 Å². The number of nitrogens with one attached hydrogen (secondary N) is 4. The summed E-state index contributed by atoms with van der Waals surface area (Å²) in [6.45, 7) is 1.89. The maximum Gasteiger partial charge on any atom is 0.320 e. The van der Waals surface area contributed by atoms with Crippen LogP contribution in [0.5, 0.6) is 0 Å². The summed E-state index contributed by atoms with van der Waals surface area (Å²) >= 11 is 1.44. The maximum atomic E-state index is 14.8. The van der Waals surface area contributed by atoms with E-state index in [1.165, 1.54) is 24.5 Å². The number of urea groups is 1. The summed E-state index contributed by atoms with van der Waals surface area (Å²) in [5.41, 5.74) is -1.16. The number of dihydropyridines is 1. The van der Waals surface area contributed by atoms with Crippen molar-refractivity contribution in [3.63, 3.8) is 0 Å². The molecule has 0 aliphatic carbocycles. The van der Waals surface area contributed by atoms with E-state index in [1.807, 2.05) is 30.3 Å². The molecule has 0 spiro atoms. The lowest BCUT2D eigenvalue weighted by Gasteiger charge is -2.38. The molecule has 2 aromatic rings. The molecule has 1 aromatic heterocycles. The highest BCUT2D eigenvalue weighted by Gasteiger charge is 2.50. The first-order valence-corrected chi connectivity index (χ1v) is 9.95. The van der Waals surface area contributed by atoms with Crippen molar-refractivity contribution in [2.45, 2.75) is 18.5 Å². The van der Waals surface area contributed by atoms with Crippen LogP contribution >= 0.6 is 11.3 Å². The van der Waals surface area contributed by atoms with Crippen LogP contribution in [0.15, 0.2) is 54.2 Å². The van der Waals surface area contributed by atoms with Crippen molar-refractivity contribution in [1.29, 1.82) is 0 Å². The molecule has 1 aromatic carbocycles. The molecular weight excluding hydrogens is 395 g/mol. The zero-order valence-corrected chi connectivity index (χ0v) is 16.7. The molecule has 2 unspecified atom stereocenters. The molecule has 2 aliphatic rings. The van der Waals surface area contributed by atoms with Gasteiger partial charge in [-0.2, -0.15) is 0 Å². The maximum absolute atomic E-state index is 14.8. The van der Waals surface area contributed by atoms with E-state index in [2.05, 4.69) is 21.3 Å². The third kappa shape index (κ3) is 3.53. The van der Waals surface area contributed by atoms with Crippen LogP contribution < -0.4 is 21.3 Å². The van der Waals surface area contributed by atoms with Crippen LogP contribution in [0.2, 0.25) is 0 Å². The Morgan fingerprint density at radius 2 is 2.17 bits per heavy atom. The molecule has 152 valence electrons. The first-order chi connectivity index (χ1) is 13.9. The van der Waals surface area contributed by atoms with E-state index in [9.17, 15) is 14.0 Å². The van der Waals surface area contributed by atoms with Crippen LogP contribution in [0.3, 0.4) is 0 Å². The number of hydrogen-bond acceptors (Lipinski definition) is 5.